The summed E-state index contributed by atoms with van der Waals surface area (Å²) < 4.78 is 0. The third-order valence-electron chi connectivity index (χ3n) is 3.03. The standard InChI is InChI=1S/C17H21N3O5/c1-4-20(25-17(24)18(2)3)16(23)19(12-13-21)15(22)11-10-14-8-6-5-7-9-14/h5-11,13H,4,12H2,1-3H3. The average molecular weight is 347 g/mol. The molecule has 0 N–H and O–H groups in total. The number of amides is 4. The van der Waals surface area contributed by atoms with Crippen LogP contribution in [0, 0.1) is 0 Å². The van der Waals surface area contributed by atoms with Gasteiger partial charge in [0, 0.05) is 20.2 Å². The maximum atomic E-state index is 12.4. The molecule has 0 aromatic heterocycles. The molecule has 0 atom stereocenters. The zero-order chi connectivity index (χ0) is 18.8. The molecule has 1 rings (SSSR count). The van der Waals surface area contributed by atoms with E-state index >= 15 is 0 Å². The Morgan fingerprint density at radius 3 is 2.28 bits per heavy atom. The molecular formula is C17H21N3O5. The van der Waals surface area contributed by atoms with Crippen molar-refractivity contribution in [3.05, 3.63) is 42.0 Å². The summed E-state index contributed by atoms with van der Waals surface area (Å²) in [5.74, 6) is -0.694. The Hall–Kier alpha value is -3.16. The number of imide groups is 1. The van der Waals surface area contributed by atoms with Gasteiger partial charge in [-0.2, -0.15) is 5.06 Å². The molecule has 0 bridgehead atoms. The molecule has 4 amide bonds. The van der Waals surface area contributed by atoms with Crippen LogP contribution in [0.15, 0.2) is 36.4 Å². The van der Waals surface area contributed by atoms with Gasteiger partial charge in [0.05, 0.1) is 13.1 Å². The lowest BCUT2D eigenvalue weighted by atomic mass is 10.2. The van der Waals surface area contributed by atoms with Crippen LogP contribution in [0.5, 0.6) is 0 Å². The smallest absolute Gasteiger partial charge is 0.317 e. The molecule has 0 saturated carbocycles. The van der Waals surface area contributed by atoms with Crippen LogP contribution in [0.3, 0.4) is 0 Å². The van der Waals surface area contributed by atoms with Gasteiger partial charge in [-0.1, -0.05) is 30.3 Å². The van der Waals surface area contributed by atoms with Crippen molar-refractivity contribution in [3.63, 3.8) is 0 Å². The van der Waals surface area contributed by atoms with Gasteiger partial charge in [-0.15, -0.1) is 0 Å². The molecule has 0 unspecified atom stereocenters. The molecule has 0 saturated heterocycles. The van der Waals surface area contributed by atoms with Gasteiger partial charge >= 0.3 is 12.1 Å². The zero-order valence-electron chi connectivity index (χ0n) is 14.4. The normalized spacial score (nSPS) is 10.2. The summed E-state index contributed by atoms with van der Waals surface area (Å²) in [6.07, 6.45) is 2.36. The third-order valence-corrected chi connectivity index (χ3v) is 3.03. The molecule has 1 aromatic carbocycles. The number of benzene rings is 1. The number of carbonyl (C=O) groups excluding carboxylic acids is 4. The molecule has 1 aromatic rings. The summed E-state index contributed by atoms with van der Waals surface area (Å²) in [5, 5.41) is 0.722. The minimum Gasteiger partial charge on any atom is -0.317 e. The van der Waals surface area contributed by atoms with Crippen LogP contribution < -0.4 is 0 Å². The van der Waals surface area contributed by atoms with Crippen LogP contribution in [-0.2, 0) is 14.4 Å². The van der Waals surface area contributed by atoms with Crippen molar-refractivity contribution in [3.8, 4) is 0 Å². The van der Waals surface area contributed by atoms with E-state index in [4.69, 9.17) is 4.84 Å². The molecule has 0 fully saturated rings. The van der Waals surface area contributed by atoms with Crippen molar-refractivity contribution in [1.29, 1.82) is 0 Å². The molecule has 0 aliphatic rings. The summed E-state index contributed by atoms with van der Waals surface area (Å²) in [4.78, 5) is 53.9. The van der Waals surface area contributed by atoms with Gasteiger partial charge in [0.15, 0.2) is 0 Å². The van der Waals surface area contributed by atoms with Gasteiger partial charge in [-0.3, -0.25) is 9.69 Å². The molecule has 0 aliphatic heterocycles. The van der Waals surface area contributed by atoms with Crippen molar-refractivity contribution in [2.45, 2.75) is 6.92 Å². The summed E-state index contributed by atoms with van der Waals surface area (Å²) in [6.45, 7) is 1.14. The topological polar surface area (TPSA) is 87.2 Å². The maximum absolute atomic E-state index is 12.4. The van der Waals surface area contributed by atoms with Gasteiger partial charge in [-0.05, 0) is 18.6 Å². The number of nitrogens with zero attached hydrogens (tertiary/aromatic N) is 3. The maximum Gasteiger partial charge on any atom is 0.433 e. The molecule has 0 aliphatic carbocycles. The first-order valence-corrected chi connectivity index (χ1v) is 7.59. The minimum absolute atomic E-state index is 0.0173. The average Bonchev–Trinajstić information content (AvgIpc) is 2.62. The number of urea groups is 1. The van der Waals surface area contributed by atoms with Crippen LogP contribution >= 0.6 is 0 Å². The van der Waals surface area contributed by atoms with Crippen LogP contribution in [0.25, 0.3) is 6.08 Å². The van der Waals surface area contributed by atoms with Crippen molar-refractivity contribution >= 4 is 30.4 Å². The molecule has 0 radical (unpaired) electrons. The van der Waals surface area contributed by atoms with Gasteiger partial charge < -0.3 is 14.5 Å². The lowest BCUT2D eigenvalue weighted by molar-refractivity contribution is -0.130. The molecule has 134 valence electrons. The van der Waals surface area contributed by atoms with E-state index in [-0.39, 0.29) is 6.54 Å². The highest BCUT2D eigenvalue weighted by atomic mass is 16.7. The fraction of sp³-hybridized carbons (Fsp3) is 0.294. The second-order valence-electron chi connectivity index (χ2n) is 5.09. The van der Waals surface area contributed by atoms with Crippen LogP contribution in [-0.4, -0.2) is 66.4 Å². The monoisotopic (exact) mass is 347 g/mol. The van der Waals surface area contributed by atoms with E-state index < -0.39 is 24.6 Å². The number of rotatable bonds is 5. The van der Waals surface area contributed by atoms with Crippen molar-refractivity contribution in [2.75, 3.05) is 27.2 Å². The van der Waals surface area contributed by atoms with Crippen LogP contribution in [0.2, 0.25) is 0 Å². The van der Waals surface area contributed by atoms with Gasteiger partial charge in [0.2, 0.25) is 0 Å². The fourth-order valence-corrected chi connectivity index (χ4v) is 1.71. The van der Waals surface area contributed by atoms with Crippen molar-refractivity contribution in [1.82, 2.24) is 14.9 Å². The first kappa shape index (κ1) is 19.9. The van der Waals surface area contributed by atoms with E-state index in [1.165, 1.54) is 26.2 Å². The highest BCUT2D eigenvalue weighted by Gasteiger charge is 2.27. The molecule has 25 heavy (non-hydrogen) atoms. The van der Waals surface area contributed by atoms with Crippen LogP contribution in [0.1, 0.15) is 12.5 Å². The molecular weight excluding hydrogens is 326 g/mol. The molecule has 0 spiro atoms. The number of carbonyl (C=O) groups is 4. The Morgan fingerprint density at radius 1 is 1.12 bits per heavy atom. The Kier molecular flexibility index (Phi) is 7.85. The molecule has 0 heterocycles. The predicted molar refractivity (Wildman–Crippen MR) is 91.2 cm³/mol. The quantitative estimate of drug-likeness (QED) is 0.460. The highest BCUT2D eigenvalue weighted by Crippen LogP contribution is 2.06. The number of aldehydes is 1. The Labute approximate surface area is 146 Å². The summed E-state index contributed by atoms with van der Waals surface area (Å²) >= 11 is 0. The second-order valence-corrected chi connectivity index (χ2v) is 5.09. The minimum atomic E-state index is -0.896. The zero-order valence-corrected chi connectivity index (χ0v) is 14.4. The van der Waals surface area contributed by atoms with Crippen molar-refractivity contribution < 1.29 is 24.0 Å². The molecule has 8 heteroatoms. The van der Waals surface area contributed by atoms with E-state index in [0.29, 0.717) is 11.2 Å². The van der Waals surface area contributed by atoms with E-state index in [1.54, 1.807) is 31.2 Å². The number of hydrogen-bond donors (Lipinski definition) is 0. The van der Waals surface area contributed by atoms with Crippen molar-refractivity contribution in [2.24, 2.45) is 0 Å². The van der Waals surface area contributed by atoms with E-state index in [9.17, 15) is 19.2 Å². The van der Waals surface area contributed by atoms with E-state index in [1.807, 2.05) is 6.07 Å². The van der Waals surface area contributed by atoms with Gasteiger partial charge in [-0.25, -0.2) is 9.59 Å². The Morgan fingerprint density at radius 2 is 1.76 bits per heavy atom. The number of hydroxylamine groups is 2. The lowest BCUT2D eigenvalue weighted by Crippen LogP contribution is -2.48. The Balaban J connectivity index is 2.90. The van der Waals surface area contributed by atoms with Crippen LogP contribution in [0.4, 0.5) is 9.59 Å². The summed E-state index contributed by atoms with van der Waals surface area (Å²) in [5.41, 5.74) is 0.765. The predicted octanol–water partition coefficient (Wildman–Crippen LogP) is 1.78. The molecule has 8 nitrogen and oxygen atoms in total. The second kappa shape index (κ2) is 9.86. The third kappa shape index (κ3) is 6.09. The summed E-state index contributed by atoms with van der Waals surface area (Å²) in [6, 6.07) is 8.11. The van der Waals surface area contributed by atoms with Gasteiger partial charge in [0.1, 0.15) is 6.29 Å². The SMILES string of the molecule is CCN(OC(=O)N(C)C)C(=O)N(CC=O)C(=O)C=Cc1ccccc1. The number of hydrogen-bond acceptors (Lipinski definition) is 5. The first-order valence-electron chi connectivity index (χ1n) is 7.59. The Bertz CT molecular complexity index is 643. The van der Waals surface area contributed by atoms with E-state index in [0.717, 1.165) is 15.5 Å². The summed E-state index contributed by atoms with van der Waals surface area (Å²) in [7, 11) is 2.91. The first-order chi connectivity index (χ1) is 11.9. The largest absolute Gasteiger partial charge is 0.433 e. The fourth-order valence-electron chi connectivity index (χ4n) is 1.71. The van der Waals surface area contributed by atoms with E-state index in [2.05, 4.69) is 0 Å². The highest BCUT2D eigenvalue weighted by molar-refractivity contribution is 6.03. The lowest BCUT2D eigenvalue weighted by Gasteiger charge is -2.26. The van der Waals surface area contributed by atoms with Gasteiger partial charge in [0.25, 0.3) is 5.91 Å².